The van der Waals surface area contributed by atoms with E-state index in [0.717, 1.165) is 0 Å². The van der Waals surface area contributed by atoms with Crippen molar-refractivity contribution < 1.29 is 24.5 Å². The Bertz CT molecular complexity index is 1330. The molecular formula is C23H26N8O5. The number of carbonyl (C=O) groups excluding carboxylic acids is 2. The van der Waals surface area contributed by atoms with Crippen molar-refractivity contribution in [2.75, 3.05) is 19.3 Å². The van der Waals surface area contributed by atoms with E-state index in [9.17, 15) is 19.8 Å². The number of amides is 2. The van der Waals surface area contributed by atoms with Gasteiger partial charge in [0.15, 0.2) is 23.8 Å². The number of nitrogens with one attached hydrogen (secondary N) is 1. The van der Waals surface area contributed by atoms with Crippen molar-refractivity contribution in [1.82, 2.24) is 34.7 Å². The Morgan fingerprint density at radius 1 is 1.25 bits per heavy atom. The van der Waals surface area contributed by atoms with Gasteiger partial charge in [0.05, 0.1) is 12.9 Å². The Hall–Kier alpha value is -4.12. The van der Waals surface area contributed by atoms with Gasteiger partial charge in [-0.15, -0.1) is 0 Å². The molecule has 13 nitrogen and oxygen atoms in total. The van der Waals surface area contributed by atoms with Gasteiger partial charge in [-0.25, -0.2) is 15.0 Å². The van der Waals surface area contributed by atoms with E-state index in [0.29, 0.717) is 5.56 Å². The van der Waals surface area contributed by atoms with Crippen LogP contribution in [0.1, 0.15) is 36.3 Å². The summed E-state index contributed by atoms with van der Waals surface area (Å²) in [5.74, 6) is 5.07. The van der Waals surface area contributed by atoms with Crippen LogP contribution in [0.3, 0.4) is 0 Å². The van der Waals surface area contributed by atoms with Crippen LogP contribution in [0.15, 0.2) is 30.9 Å². The number of fused-ring (bicyclic) bond motifs is 1. The van der Waals surface area contributed by atoms with Crippen molar-refractivity contribution in [2.24, 2.45) is 0 Å². The van der Waals surface area contributed by atoms with Gasteiger partial charge in [-0.05, 0) is 31.9 Å². The van der Waals surface area contributed by atoms with Gasteiger partial charge in [0, 0.05) is 31.0 Å². The van der Waals surface area contributed by atoms with Crippen LogP contribution in [0.25, 0.3) is 11.2 Å². The summed E-state index contributed by atoms with van der Waals surface area (Å²) < 4.78 is 6.97. The van der Waals surface area contributed by atoms with Crippen LogP contribution >= 0.6 is 0 Å². The molecular weight excluding hydrogens is 468 g/mol. The monoisotopic (exact) mass is 494 g/mol. The Kier molecular flexibility index (Phi) is 7.11. The third-order valence-electron chi connectivity index (χ3n) is 5.73. The molecule has 3 aromatic rings. The SMILES string of the molecule is CNC(=O)C1OC(n2cnc3c(N)nc(C#CCN(C(=O)c4ccncc4)C(C)C)nc32)[C@H](O)[C@@H]1O. The van der Waals surface area contributed by atoms with E-state index in [4.69, 9.17) is 10.5 Å². The highest BCUT2D eigenvalue weighted by Gasteiger charge is 2.47. The predicted octanol–water partition coefficient (Wildman–Crippen LogP) is -0.929. The second kappa shape index (κ2) is 10.2. The zero-order chi connectivity index (χ0) is 26.0. The number of nitrogens with zero attached hydrogens (tertiary/aromatic N) is 6. The van der Waals surface area contributed by atoms with Gasteiger partial charge in [0.2, 0.25) is 5.82 Å². The molecule has 2 unspecified atom stereocenters. The fraction of sp³-hybridized carbons (Fsp3) is 0.391. The number of aromatic nitrogens is 5. The van der Waals surface area contributed by atoms with E-state index in [2.05, 4.69) is 37.1 Å². The first-order valence-electron chi connectivity index (χ1n) is 11.2. The molecule has 0 saturated carbocycles. The molecule has 3 aromatic heterocycles. The molecule has 0 aliphatic carbocycles. The lowest BCUT2D eigenvalue weighted by molar-refractivity contribution is -0.137. The second-order valence-corrected chi connectivity index (χ2v) is 8.36. The molecule has 36 heavy (non-hydrogen) atoms. The van der Waals surface area contributed by atoms with Crippen molar-refractivity contribution in [3.63, 3.8) is 0 Å². The Balaban J connectivity index is 1.60. The van der Waals surface area contributed by atoms with Gasteiger partial charge in [-0.1, -0.05) is 5.92 Å². The van der Waals surface area contributed by atoms with E-state index in [1.165, 1.54) is 17.9 Å². The first-order valence-corrected chi connectivity index (χ1v) is 11.2. The molecule has 1 fully saturated rings. The number of pyridine rings is 1. The molecule has 0 spiro atoms. The molecule has 5 N–H and O–H groups in total. The third-order valence-corrected chi connectivity index (χ3v) is 5.73. The maximum atomic E-state index is 12.8. The van der Waals surface area contributed by atoms with Crippen LogP contribution in [0.4, 0.5) is 5.82 Å². The van der Waals surface area contributed by atoms with Crippen molar-refractivity contribution >= 4 is 28.8 Å². The Labute approximate surface area is 206 Å². The second-order valence-electron chi connectivity index (χ2n) is 8.36. The van der Waals surface area contributed by atoms with Crippen LogP contribution in [-0.4, -0.2) is 89.4 Å². The van der Waals surface area contributed by atoms with Gasteiger partial charge in [0.1, 0.15) is 17.7 Å². The highest BCUT2D eigenvalue weighted by atomic mass is 16.6. The van der Waals surface area contributed by atoms with Crippen molar-refractivity contribution in [2.45, 2.75) is 44.4 Å². The lowest BCUT2D eigenvalue weighted by atomic mass is 10.1. The topological polar surface area (TPSA) is 182 Å². The minimum atomic E-state index is -1.45. The zero-order valence-corrected chi connectivity index (χ0v) is 19.9. The number of imidazole rings is 1. The highest BCUT2D eigenvalue weighted by Crippen LogP contribution is 2.32. The molecule has 1 aliphatic rings. The van der Waals surface area contributed by atoms with Crippen LogP contribution in [0, 0.1) is 11.8 Å². The third kappa shape index (κ3) is 4.69. The molecule has 0 aromatic carbocycles. The van der Waals surface area contributed by atoms with Crippen LogP contribution in [0.2, 0.25) is 0 Å². The molecule has 4 atom stereocenters. The summed E-state index contributed by atoms with van der Waals surface area (Å²) in [6, 6.07) is 3.15. The maximum Gasteiger partial charge on any atom is 0.254 e. The predicted molar refractivity (Wildman–Crippen MR) is 127 cm³/mol. The van der Waals surface area contributed by atoms with Gasteiger partial charge in [0.25, 0.3) is 11.8 Å². The zero-order valence-electron chi connectivity index (χ0n) is 19.9. The number of hydrogen-bond donors (Lipinski definition) is 4. The summed E-state index contributed by atoms with van der Waals surface area (Å²) in [5, 5.41) is 23.1. The molecule has 4 rings (SSSR count). The average molecular weight is 495 g/mol. The van der Waals surface area contributed by atoms with Crippen LogP contribution < -0.4 is 11.1 Å². The van der Waals surface area contributed by atoms with E-state index >= 15 is 0 Å². The first-order chi connectivity index (χ1) is 17.2. The normalized spacial score (nSPS) is 21.3. The molecule has 0 bridgehead atoms. The molecule has 1 aliphatic heterocycles. The number of carbonyl (C=O) groups is 2. The summed E-state index contributed by atoms with van der Waals surface area (Å²) in [4.78, 5) is 43.1. The number of ether oxygens (including phenoxy) is 1. The fourth-order valence-corrected chi connectivity index (χ4v) is 3.78. The van der Waals surface area contributed by atoms with Crippen molar-refractivity contribution in [3.8, 4) is 11.8 Å². The molecule has 1 saturated heterocycles. The Morgan fingerprint density at radius 3 is 2.64 bits per heavy atom. The lowest BCUT2D eigenvalue weighted by Gasteiger charge is -2.24. The van der Waals surface area contributed by atoms with Gasteiger partial charge >= 0.3 is 0 Å². The molecule has 13 heteroatoms. The minimum Gasteiger partial charge on any atom is -0.387 e. The lowest BCUT2D eigenvalue weighted by Crippen LogP contribution is -2.41. The average Bonchev–Trinajstić information content (AvgIpc) is 3.42. The number of likely N-dealkylation sites (N-methyl/N-ethyl adjacent to an activating group) is 1. The van der Waals surface area contributed by atoms with Crippen LogP contribution in [-0.2, 0) is 9.53 Å². The molecule has 2 amide bonds. The number of aliphatic hydroxyl groups excluding tert-OH is 2. The minimum absolute atomic E-state index is 0.0486. The highest BCUT2D eigenvalue weighted by molar-refractivity contribution is 5.94. The number of aliphatic hydroxyl groups is 2. The van der Waals surface area contributed by atoms with E-state index in [-0.39, 0.29) is 41.3 Å². The van der Waals surface area contributed by atoms with E-state index in [1.54, 1.807) is 29.4 Å². The molecule has 4 heterocycles. The van der Waals surface area contributed by atoms with E-state index < -0.39 is 30.4 Å². The van der Waals surface area contributed by atoms with Gasteiger partial charge in [-0.3, -0.25) is 19.1 Å². The van der Waals surface area contributed by atoms with E-state index in [1.807, 2.05) is 13.8 Å². The summed E-state index contributed by atoms with van der Waals surface area (Å²) in [6.45, 7) is 3.88. The van der Waals surface area contributed by atoms with Gasteiger partial charge in [-0.2, -0.15) is 0 Å². The smallest absolute Gasteiger partial charge is 0.254 e. The van der Waals surface area contributed by atoms with Crippen LogP contribution in [0.5, 0.6) is 0 Å². The summed E-state index contributed by atoms with van der Waals surface area (Å²) in [6.07, 6.45) is -0.864. The summed E-state index contributed by atoms with van der Waals surface area (Å²) in [7, 11) is 1.40. The number of anilines is 1. The first kappa shape index (κ1) is 25.0. The molecule has 188 valence electrons. The number of nitrogen functional groups attached to an aromatic ring is 1. The fourth-order valence-electron chi connectivity index (χ4n) is 3.78. The number of hydrogen-bond acceptors (Lipinski definition) is 10. The maximum absolute atomic E-state index is 12.8. The van der Waals surface area contributed by atoms with Crippen molar-refractivity contribution in [1.29, 1.82) is 0 Å². The molecule has 0 radical (unpaired) electrons. The Morgan fingerprint density at radius 2 is 1.97 bits per heavy atom. The van der Waals surface area contributed by atoms with Gasteiger partial charge < -0.3 is 30.9 Å². The number of nitrogens with two attached hydrogens (primary N) is 1. The number of rotatable bonds is 5. The standard InChI is InChI=1S/C23H26N8O5/c1-12(2)30(22(35)13-6-8-26-9-7-13)10-4-5-14-28-19(24)15-20(29-14)31(11-27-15)23-17(33)16(32)18(36-23)21(34)25-3/h6-9,11-12,16-18,23,32-33H,10H2,1-3H3,(H,25,34)(H2,24,28,29)/t16-,17+,18?,23?/m0/s1. The summed E-state index contributed by atoms with van der Waals surface area (Å²) in [5.41, 5.74) is 6.99. The largest absolute Gasteiger partial charge is 0.387 e. The summed E-state index contributed by atoms with van der Waals surface area (Å²) >= 11 is 0. The quantitative estimate of drug-likeness (QED) is 0.323. The van der Waals surface area contributed by atoms with Crippen molar-refractivity contribution in [3.05, 3.63) is 42.2 Å².